The zero-order valence-corrected chi connectivity index (χ0v) is 13.2. The molecular formula is C14H19ClN2O2S. The number of rotatable bonds is 5. The smallest absolute Gasteiger partial charge is 0.238 e. The molecule has 20 heavy (non-hydrogen) atoms. The molecule has 1 aliphatic rings. The van der Waals surface area contributed by atoms with E-state index in [-0.39, 0.29) is 11.9 Å². The van der Waals surface area contributed by atoms with E-state index < -0.39 is 0 Å². The van der Waals surface area contributed by atoms with E-state index in [1.165, 1.54) is 0 Å². The quantitative estimate of drug-likeness (QED) is 0.872. The highest BCUT2D eigenvalue weighted by molar-refractivity contribution is 7.99. The Balaban J connectivity index is 1.90. The molecule has 0 bridgehead atoms. The lowest BCUT2D eigenvalue weighted by atomic mass is 10.1. The van der Waals surface area contributed by atoms with Crippen molar-refractivity contribution in [2.24, 2.45) is 0 Å². The van der Waals surface area contributed by atoms with Crippen molar-refractivity contribution >= 4 is 29.3 Å². The Labute approximate surface area is 128 Å². The van der Waals surface area contributed by atoms with Gasteiger partial charge in [0, 0.05) is 23.2 Å². The lowest BCUT2D eigenvalue weighted by Gasteiger charge is -2.13. The van der Waals surface area contributed by atoms with Gasteiger partial charge in [-0.15, -0.1) is 11.8 Å². The number of nitrogens with one attached hydrogen (secondary N) is 2. The van der Waals surface area contributed by atoms with E-state index in [1.54, 1.807) is 18.9 Å². The molecule has 1 saturated heterocycles. The number of hydrogen-bond acceptors (Lipinski definition) is 4. The number of halogens is 1. The lowest BCUT2D eigenvalue weighted by Crippen LogP contribution is -2.42. The molecule has 1 aromatic rings. The van der Waals surface area contributed by atoms with Crippen LogP contribution in [-0.4, -0.2) is 37.2 Å². The third-order valence-corrected chi connectivity index (χ3v) is 4.64. The van der Waals surface area contributed by atoms with Gasteiger partial charge in [-0.3, -0.25) is 10.1 Å². The number of aryl methyl sites for hydroxylation is 1. The lowest BCUT2D eigenvalue weighted by molar-refractivity contribution is -0.122. The molecule has 1 heterocycles. The minimum atomic E-state index is -0.0662. The number of thioether (sulfide) groups is 1. The van der Waals surface area contributed by atoms with Crippen molar-refractivity contribution in [1.29, 1.82) is 0 Å². The molecule has 0 saturated carbocycles. The Morgan fingerprint density at radius 2 is 2.40 bits per heavy atom. The molecule has 1 amide bonds. The highest BCUT2D eigenvalue weighted by Gasteiger charge is 2.21. The normalized spacial score (nSPS) is 18.1. The largest absolute Gasteiger partial charge is 0.496 e. The molecule has 1 aromatic carbocycles. The van der Waals surface area contributed by atoms with E-state index in [9.17, 15) is 4.79 Å². The predicted molar refractivity (Wildman–Crippen MR) is 83.7 cm³/mol. The fraction of sp³-hybridized carbons (Fsp3) is 0.500. The van der Waals surface area contributed by atoms with Crippen molar-refractivity contribution in [3.63, 3.8) is 0 Å². The van der Waals surface area contributed by atoms with Crippen LogP contribution in [0.3, 0.4) is 0 Å². The van der Waals surface area contributed by atoms with Crippen molar-refractivity contribution in [2.45, 2.75) is 19.4 Å². The third kappa shape index (κ3) is 3.81. The highest BCUT2D eigenvalue weighted by atomic mass is 35.5. The SMILES string of the molecule is COc1cc(C)c(Cl)cc1CCNC(=O)C1CSCN1. The number of carbonyl (C=O) groups is 1. The average Bonchev–Trinajstić information content (AvgIpc) is 2.96. The second kappa shape index (κ2) is 7.20. The zero-order chi connectivity index (χ0) is 14.5. The van der Waals surface area contributed by atoms with Gasteiger partial charge in [-0.2, -0.15) is 0 Å². The first-order valence-electron chi connectivity index (χ1n) is 6.53. The maximum atomic E-state index is 11.9. The van der Waals surface area contributed by atoms with Crippen LogP contribution in [0.2, 0.25) is 5.02 Å². The van der Waals surface area contributed by atoms with E-state index in [0.717, 1.165) is 33.5 Å². The number of methoxy groups -OCH3 is 1. The number of benzene rings is 1. The first-order valence-corrected chi connectivity index (χ1v) is 8.07. The molecule has 0 spiro atoms. The van der Waals surface area contributed by atoms with Crippen molar-refractivity contribution in [3.8, 4) is 5.75 Å². The molecule has 1 atom stereocenters. The van der Waals surface area contributed by atoms with Crippen molar-refractivity contribution in [1.82, 2.24) is 10.6 Å². The van der Waals surface area contributed by atoms with Gasteiger partial charge in [0.15, 0.2) is 0 Å². The molecule has 4 nitrogen and oxygen atoms in total. The Bertz CT molecular complexity index is 490. The Morgan fingerprint density at radius 1 is 1.60 bits per heavy atom. The summed E-state index contributed by atoms with van der Waals surface area (Å²) in [6.07, 6.45) is 0.703. The summed E-state index contributed by atoms with van der Waals surface area (Å²) in [5.74, 6) is 2.56. The van der Waals surface area contributed by atoms with Crippen LogP contribution >= 0.6 is 23.4 Å². The Morgan fingerprint density at radius 3 is 3.05 bits per heavy atom. The predicted octanol–water partition coefficient (Wildman–Crippen LogP) is 1.98. The summed E-state index contributed by atoms with van der Waals surface area (Å²) in [7, 11) is 1.64. The third-order valence-electron chi connectivity index (χ3n) is 3.29. The maximum absolute atomic E-state index is 11.9. The molecule has 2 rings (SSSR count). The topological polar surface area (TPSA) is 50.4 Å². The van der Waals surface area contributed by atoms with Crippen LogP contribution in [-0.2, 0) is 11.2 Å². The van der Waals surface area contributed by atoms with Gasteiger partial charge in [-0.05, 0) is 36.6 Å². The molecule has 0 aromatic heterocycles. The van der Waals surface area contributed by atoms with Crippen molar-refractivity contribution < 1.29 is 9.53 Å². The van der Waals surface area contributed by atoms with E-state index in [0.29, 0.717) is 13.0 Å². The van der Waals surface area contributed by atoms with Crippen LogP contribution in [0, 0.1) is 6.92 Å². The molecule has 1 aliphatic heterocycles. The van der Waals surface area contributed by atoms with Gasteiger partial charge in [-0.25, -0.2) is 0 Å². The fourth-order valence-corrected chi connectivity index (χ4v) is 3.22. The molecular weight excluding hydrogens is 296 g/mol. The minimum absolute atomic E-state index is 0.0622. The minimum Gasteiger partial charge on any atom is -0.496 e. The molecule has 1 fully saturated rings. The van der Waals surface area contributed by atoms with Crippen LogP contribution < -0.4 is 15.4 Å². The number of amides is 1. The van der Waals surface area contributed by atoms with Gasteiger partial charge in [-0.1, -0.05) is 11.6 Å². The number of hydrogen-bond donors (Lipinski definition) is 2. The highest BCUT2D eigenvalue weighted by Crippen LogP contribution is 2.26. The summed E-state index contributed by atoms with van der Waals surface area (Å²) < 4.78 is 5.35. The van der Waals surface area contributed by atoms with Crippen molar-refractivity contribution in [3.05, 3.63) is 28.3 Å². The average molecular weight is 315 g/mol. The summed E-state index contributed by atoms with van der Waals surface area (Å²) >= 11 is 7.87. The van der Waals surface area contributed by atoms with E-state index in [1.807, 2.05) is 19.1 Å². The summed E-state index contributed by atoms with van der Waals surface area (Å²) in [6.45, 7) is 2.53. The molecule has 6 heteroatoms. The fourth-order valence-electron chi connectivity index (χ4n) is 2.09. The van der Waals surface area contributed by atoms with Crippen molar-refractivity contribution in [2.75, 3.05) is 25.3 Å². The Kier molecular flexibility index (Phi) is 5.57. The molecule has 1 unspecified atom stereocenters. The molecule has 2 N–H and O–H groups in total. The van der Waals surface area contributed by atoms with Crippen LogP contribution in [0.1, 0.15) is 11.1 Å². The summed E-state index contributed by atoms with van der Waals surface area (Å²) in [6, 6.07) is 3.77. The van der Waals surface area contributed by atoms with Gasteiger partial charge in [0.25, 0.3) is 0 Å². The van der Waals surface area contributed by atoms with Crippen LogP contribution in [0.5, 0.6) is 5.75 Å². The van der Waals surface area contributed by atoms with E-state index >= 15 is 0 Å². The number of ether oxygens (including phenoxy) is 1. The summed E-state index contributed by atoms with van der Waals surface area (Å²) in [5.41, 5.74) is 2.00. The summed E-state index contributed by atoms with van der Waals surface area (Å²) in [5, 5.41) is 6.82. The van der Waals surface area contributed by atoms with E-state index in [2.05, 4.69) is 10.6 Å². The Hall–Kier alpha value is -0.910. The first-order chi connectivity index (χ1) is 9.61. The van der Waals surface area contributed by atoms with Gasteiger partial charge < -0.3 is 10.1 Å². The van der Waals surface area contributed by atoms with Crippen LogP contribution in [0.25, 0.3) is 0 Å². The van der Waals surface area contributed by atoms with Gasteiger partial charge >= 0.3 is 0 Å². The molecule has 110 valence electrons. The first kappa shape index (κ1) is 15.5. The standard InChI is InChI=1S/C14H19ClN2O2S/c1-9-5-13(19-2)10(6-11(9)15)3-4-16-14(18)12-7-20-8-17-12/h5-6,12,17H,3-4,7-8H2,1-2H3,(H,16,18). The number of carbonyl (C=O) groups excluding carboxylic acids is 1. The zero-order valence-electron chi connectivity index (χ0n) is 11.7. The van der Waals surface area contributed by atoms with Gasteiger partial charge in [0.1, 0.15) is 5.75 Å². The monoisotopic (exact) mass is 314 g/mol. The molecule has 0 aliphatic carbocycles. The van der Waals surface area contributed by atoms with Crippen LogP contribution in [0.4, 0.5) is 0 Å². The second-order valence-corrected chi connectivity index (χ2v) is 6.16. The summed E-state index contributed by atoms with van der Waals surface area (Å²) in [4.78, 5) is 11.9. The van der Waals surface area contributed by atoms with Crippen LogP contribution in [0.15, 0.2) is 12.1 Å². The van der Waals surface area contributed by atoms with Gasteiger partial charge in [0.05, 0.1) is 13.2 Å². The van der Waals surface area contributed by atoms with E-state index in [4.69, 9.17) is 16.3 Å². The maximum Gasteiger partial charge on any atom is 0.238 e. The van der Waals surface area contributed by atoms with Gasteiger partial charge in [0.2, 0.25) is 5.91 Å². The second-order valence-electron chi connectivity index (χ2n) is 4.73. The molecule has 0 radical (unpaired) electrons.